The summed E-state index contributed by atoms with van der Waals surface area (Å²) in [6.07, 6.45) is 0. The number of hydrogen-bond acceptors (Lipinski definition) is 3. The van der Waals surface area contributed by atoms with Crippen LogP contribution in [0.15, 0.2) is 42.5 Å². The van der Waals surface area contributed by atoms with Crippen LogP contribution in [-0.2, 0) is 6.54 Å². The van der Waals surface area contributed by atoms with E-state index in [-0.39, 0.29) is 5.82 Å². The van der Waals surface area contributed by atoms with Gasteiger partial charge in [0, 0.05) is 6.54 Å². The van der Waals surface area contributed by atoms with Crippen LogP contribution in [0.25, 0.3) is 11.0 Å². The van der Waals surface area contributed by atoms with E-state index in [9.17, 15) is 4.39 Å². The third kappa shape index (κ3) is 2.56. The van der Waals surface area contributed by atoms with E-state index in [1.54, 1.807) is 13.2 Å². The van der Waals surface area contributed by atoms with Gasteiger partial charge in [0.1, 0.15) is 11.6 Å². The van der Waals surface area contributed by atoms with Crippen LogP contribution >= 0.6 is 0 Å². The van der Waals surface area contributed by atoms with Gasteiger partial charge in [-0.15, -0.1) is 0 Å². The Morgan fingerprint density at radius 2 is 2.15 bits per heavy atom. The van der Waals surface area contributed by atoms with Crippen molar-refractivity contribution in [3.8, 4) is 5.75 Å². The molecule has 0 atom stereocenters. The number of nitrogens with zero attached hydrogens (tertiary/aromatic N) is 1. The Kier molecular flexibility index (Phi) is 3.25. The molecule has 1 heterocycles. The van der Waals surface area contributed by atoms with E-state index in [1.165, 1.54) is 12.1 Å². The number of rotatable bonds is 4. The van der Waals surface area contributed by atoms with E-state index in [2.05, 4.69) is 15.3 Å². The van der Waals surface area contributed by atoms with Crippen LogP contribution < -0.4 is 10.1 Å². The summed E-state index contributed by atoms with van der Waals surface area (Å²) in [5.41, 5.74) is 2.49. The van der Waals surface area contributed by atoms with Gasteiger partial charge in [-0.1, -0.05) is 12.1 Å². The highest BCUT2D eigenvalue weighted by Crippen LogP contribution is 2.17. The minimum atomic E-state index is -0.277. The highest BCUT2D eigenvalue weighted by Gasteiger charge is 2.03. The molecule has 0 aliphatic rings. The van der Waals surface area contributed by atoms with E-state index in [0.717, 1.165) is 16.8 Å². The maximum atomic E-state index is 13.1. The molecule has 0 radical (unpaired) electrons. The molecule has 0 unspecified atom stereocenters. The number of imidazole rings is 1. The van der Waals surface area contributed by atoms with Crippen LogP contribution in [-0.4, -0.2) is 17.1 Å². The van der Waals surface area contributed by atoms with Gasteiger partial charge in [-0.05, 0) is 35.9 Å². The van der Waals surface area contributed by atoms with Gasteiger partial charge in [-0.25, -0.2) is 9.37 Å². The van der Waals surface area contributed by atoms with Crippen LogP contribution in [0.2, 0.25) is 0 Å². The summed E-state index contributed by atoms with van der Waals surface area (Å²) in [5.74, 6) is 1.16. The molecule has 0 saturated heterocycles. The van der Waals surface area contributed by atoms with Gasteiger partial charge in [0.15, 0.2) is 0 Å². The Bertz CT molecular complexity index is 739. The van der Waals surface area contributed by atoms with Gasteiger partial charge in [0.05, 0.1) is 18.1 Å². The molecular formula is C15H14FN3O. The Morgan fingerprint density at radius 1 is 1.25 bits per heavy atom. The van der Waals surface area contributed by atoms with Crippen molar-refractivity contribution >= 4 is 17.0 Å². The molecule has 20 heavy (non-hydrogen) atoms. The number of benzene rings is 2. The smallest absolute Gasteiger partial charge is 0.201 e. The quantitative estimate of drug-likeness (QED) is 0.765. The predicted molar refractivity (Wildman–Crippen MR) is 76.4 cm³/mol. The number of fused-ring (bicyclic) bond motifs is 1. The summed E-state index contributed by atoms with van der Waals surface area (Å²) in [6, 6.07) is 12.3. The highest BCUT2D eigenvalue weighted by atomic mass is 19.1. The molecule has 0 bridgehead atoms. The average Bonchev–Trinajstić information content (AvgIpc) is 2.87. The second-order valence-corrected chi connectivity index (χ2v) is 4.45. The fourth-order valence-electron chi connectivity index (χ4n) is 2.03. The molecule has 3 rings (SSSR count). The zero-order valence-corrected chi connectivity index (χ0v) is 11.0. The van der Waals surface area contributed by atoms with Crippen LogP contribution in [0, 0.1) is 5.82 Å². The number of hydrogen-bond donors (Lipinski definition) is 2. The first-order valence-corrected chi connectivity index (χ1v) is 6.27. The van der Waals surface area contributed by atoms with Gasteiger partial charge in [0.2, 0.25) is 5.95 Å². The minimum Gasteiger partial charge on any atom is -0.497 e. The van der Waals surface area contributed by atoms with Crippen LogP contribution in [0.1, 0.15) is 5.56 Å². The number of aromatic amines is 1. The lowest BCUT2D eigenvalue weighted by Gasteiger charge is -2.05. The lowest BCUT2D eigenvalue weighted by Crippen LogP contribution is -2.00. The minimum absolute atomic E-state index is 0.277. The van der Waals surface area contributed by atoms with Crippen molar-refractivity contribution in [3.63, 3.8) is 0 Å². The first-order valence-electron chi connectivity index (χ1n) is 6.27. The van der Waals surface area contributed by atoms with Crippen molar-refractivity contribution < 1.29 is 9.13 Å². The molecule has 0 fully saturated rings. The highest BCUT2D eigenvalue weighted by molar-refractivity contribution is 5.77. The SMILES string of the molecule is COc1cccc(CNc2nc3ccc(F)cc3[nH]2)c1. The van der Waals surface area contributed by atoms with Crippen LogP contribution in [0.4, 0.5) is 10.3 Å². The zero-order chi connectivity index (χ0) is 13.9. The molecular weight excluding hydrogens is 257 g/mol. The van der Waals surface area contributed by atoms with Crippen molar-refractivity contribution in [1.29, 1.82) is 0 Å². The van der Waals surface area contributed by atoms with E-state index >= 15 is 0 Å². The van der Waals surface area contributed by atoms with Gasteiger partial charge in [0.25, 0.3) is 0 Å². The number of nitrogens with one attached hydrogen (secondary N) is 2. The maximum absolute atomic E-state index is 13.1. The second kappa shape index (κ2) is 5.21. The zero-order valence-electron chi connectivity index (χ0n) is 11.0. The number of aromatic nitrogens is 2. The molecule has 2 aromatic carbocycles. The van der Waals surface area contributed by atoms with Gasteiger partial charge < -0.3 is 15.0 Å². The summed E-state index contributed by atoms with van der Waals surface area (Å²) >= 11 is 0. The Balaban J connectivity index is 1.76. The Morgan fingerprint density at radius 3 is 3.00 bits per heavy atom. The average molecular weight is 271 g/mol. The molecule has 3 aromatic rings. The van der Waals surface area contributed by atoms with Gasteiger partial charge >= 0.3 is 0 Å². The molecule has 0 spiro atoms. The molecule has 1 aromatic heterocycles. The van der Waals surface area contributed by atoms with Gasteiger partial charge in [-0.2, -0.15) is 0 Å². The normalized spacial score (nSPS) is 10.7. The molecule has 2 N–H and O–H groups in total. The summed E-state index contributed by atoms with van der Waals surface area (Å²) in [7, 11) is 1.64. The van der Waals surface area contributed by atoms with E-state index in [4.69, 9.17) is 4.74 Å². The van der Waals surface area contributed by atoms with Crippen LogP contribution in [0.3, 0.4) is 0 Å². The number of methoxy groups -OCH3 is 1. The Hall–Kier alpha value is -2.56. The summed E-state index contributed by atoms with van der Waals surface area (Å²) in [6.45, 7) is 0.611. The fourth-order valence-corrected chi connectivity index (χ4v) is 2.03. The number of halogens is 1. The molecule has 0 saturated carbocycles. The number of anilines is 1. The fraction of sp³-hybridized carbons (Fsp3) is 0.133. The predicted octanol–water partition coefficient (Wildman–Crippen LogP) is 3.32. The monoisotopic (exact) mass is 271 g/mol. The second-order valence-electron chi connectivity index (χ2n) is 4.45. The first-order chi connectivity index (χ1) is 9.74. The number of ether oxygens (including phenoxy) is 1. The largest absolute Gasteiger partial charge is 0.497 e. The summed E-state index contributed by atoms with van der Waals surface area (Å²) in [5, 5.41) is 3.18. The standard InChI is InChI=1S/C15H14FN3O/c1-20-12-4-2-3-10(7-12)9-17-15-18-13-6-5-11(16)8-14(13)19-15/h2-8H,9H2,1H3,(H2,17,18,19). The van der Waals surface area contributed by atoms with Crippen molar-refractivity contribution in [3.05, 3.63) is 53.8 Å². The van der Waals surface area contributed by atoms with E-state index < -0.39 is 0 Å². The Labute approximate surface area is 115 Å². The molecule has 5 heteroatoms. The molecule has 0 amide bonds. The third-order valence-corrected chi connectivity index (χ3v) is 3.04. The van der Waals surface area contributed by atoms with Crippen molar-refractivity contribution in [2.45, 2.75) is 6.54 Å². The number of H-pyrrole nitrogens is 1. The molecule has 102 valence electrons. The summed E-state index contributed by atoms with van der Waals surface area (Å²) in [4.78, 5) is 7.39. The lowest BCUT2D eigenvalue weighted by molar-refractivity contribution is 0.414. The van der Waals surface area contributed by atoms with E-state index in [1.807, 2.05) is 24.3 Å². The summed E-state index contributed by atoms with van der Waals surface area (Å²) < 4.78 is 18.3. The maximum Gasteiger partial charge on any atom is 0.201 e. The lowest BCUT2D eigenvalue weighted by atomic mass is 10.2. The topological polar surface area (TPSA) is 49.9 Å². The van der Waals surface area contributed by atoms with Gasteiger partial charge in [-0.3, -0.25) is 0 Å². The van der Waals surface area contributed by atoms with Crippen molar-refractivity contribution in [2.75, 3.05) is 12.4 Å². The van der Waals surface area contributed by atoms with E-state index in [0.29, 0.717) is 18.0 Å². The van der Waals surface area contributed by atoms with Crippen molar-refractivity contribution in [2.24, 2.45) is 0 Å². The molecule has 0 aliphatic heterocycles. The first kappa shape index (κ1) is 12.5. The van der Waals surface area contributed by atoms with Crippen molar-refractivity contribution in [1.82, 2.24) is 9.97 Å². The molecule has 0 aliphatic carbocycles. The third-order valence-electron chi connectivity index (χ3n) is 3.04. The molecule has 4 nitrogen and oxygen atoms in total. The van der Waals surface area contributed by atoms with Crippen LogP contribution in [0.5, 0.6) is 5.75 Å².